The summed E-state index contributed by atoms with van der Waals surface area (Å²) in [6.45, 7) is 5.49. The van der Waals surface area contributed by atoms with Gasteiger partial charge in [0.05, 0.1) is 5.09 Å². The molecule has 62 valence electrons. The van der Waals surface area contributed by atoms with Gasteiger partial charge in [-0.25, -0.2) is 5.21 Å². The third kappa shape index (κ3) is 27.4. The molecule has 0 saturated carbocycles. The van der Waals surface area contributed by atoms with Crippen molar-refractivity contribution in [2.45, 2.75) is 13.8 Å². The molecule has 0 bridgehead atoms. The van der Waals surface area contributed by atoms with Crippen LogP contribution in [0.2, 0.25) is 0 Å². The number of quaternary nitrogens is 1. The Kier molecular flexibility index (Phi) is 9.63. The van der Waals surface area contributed by atoms with Gasteiger partial charge in [-0.2, -0.15) is 5.06 Å². The van der Waals surface area contributed by atoms with Crippen LogP contribution in [0.5, 0.6) is 0 Å². The van der Waals surface area contributed by atoms with Crippen LogP contribution in [-0.4, -0.2) is 23.4 Å². The lowest BCUT2D eigenvalue weighted by Gasteiger charge is -2.00. The van der Waals surface area contributed by atoms with Crippen molar-refractivity contribution < 1.29 is 15.4 Å². The van der Waals surface area contributed by atoms with Crippen molar-refractivity contribution in [3.8, 4) is 0 Å². The quantitative estimate of drug-likeness (QED) is 0.394. The van der Waals surface area contributed by atoms with Crippen molar-refractivity contribution >= 4 is 0 Å². The number of hydrogen-bond acceptors (Lipinski definition) is 4. The van der Waals surface area contributed by atoms with E-state index in [1.807, 2.05) is 13.8 Å². The minimum atomic E-state index is -1.75. The van der Waals surface area contributed by atoms with Crippen LogP contribution >= 0.6 is 0 Å². The van der Waals surface area contributed by atoms with Crippen LogP contribution in [0, 0.1) is 15.3 Å². The van der Waals surface area contributed by atoms with E-state index >= 15 is 0 Å². The normalized spacial score (nSPS) is 8.40. The molecule has 6 heteroatoms. The average molecular weight is 152 g/mol. The molecule has 0 amide bonds. The summed E-state index contributed by atoms with van der Waals surface area (Å²) in [4.78, 5) is 8.25. The molecule has 0 aliphatic carbocycles. The molecule has 0 saturated heterocycles. The van der Waals surface area contributed by atoms with Crippen molar-refractivity contribution in [2.75, 3.05) is 13.1 Å². The predicted molar refractivity (Wildman–Crippen MR) is 34.2 cm³/mol. The van der Waals surface area contributed by atoms with Gasteiger partial charge in [0.15, 0.2) is 0 Å². The molecule has 0 spiro atoms. The van der Waals surface area contributed by atoms with Crippen LogP contribution < -0.4 is 5.06 Å². The van der Waals surface area contributed by atoms with Crippen LogP contribution in [0.25, 0.3) is 0 Å². The van der Waals surface area contributed by atoms with E-state index in [1.54, 1.807) is 0 Å². The van der Waals surface area contributed by atoms with Crippen molar-refractivity contribution in [3.05, 3.63) is 15.3 Å². The number of hydroxylamine groups is 2. The monoisotopic (exact) mass is 152 g/mol. The fraction of sp³-hybridized carbons (Fsp3) is 1.00. The summed E-state index contributed by atoms with van der Waals surface area (Å²) in [6, 6.07) is 0. The minimum Gasteiger partial charge on any atom is -0.356 e. The molecule has 2 N–H and O–H groups in total. The molecule has 0 unspecified atom stereocenters. The summed E-state index contributed by atoms with van der Waals surface area (Å²) in [7, 11) is 0. The maximum absolute atomic E-state index is 8.58. The van der Waals surface area contributed by atoms with E-state index in [0.29, 0.717) is 5.06 Å². The summed E-state index contributed by atoms with van der Waals surface area (Å²) >= 11 is 0. The van der Waals surface area contributed by atoms with Gasteiger partial charge in [0.1, 0.15) is 13.1 Å². The molecule has 0 aliphatic rings. The molecule has 0 aromatic rings. The zero-order chi connectivity index (χ0) is 8.57. The molecule has 0 fully saturated rings. The Hall–Kier alpha value is -0.880. The van der Waals surface area contributed by atoms with Gasteiger partial charge >= 0.3 is 0 Å². The maximum Gasteiger partial charge on any atom is 0.104 e. The second-order valence-corrected chi connectivity index (χ2v) is 1.50. The van der Waals surface area contributed by atoms with Crippen LogP contribution in [0.3, 0.4) is 0 Å². The SMILES string of the molecule is CC[NH+](O)CC.O=[N+]([O-])[O-]. The van der Waals surface area contributed by atoms with Gasteiger partial charge in [-0.3, -0.25) is 0 Å². The van der Waals surface area contributed by atoms with Crippen LogP contribution in [-0.2, 0) is 0 Å². The second-order valence-electron chi connectivity index (χ2n) is 1.50. The molecular weight excluding hydrogens is 140 g/mol. The number of rotatable bonds is 2. The summed E-state index contributed by atoms with van der Waals surface area (Å²) in [5, 5.41) is 23.9. The molecule has 0 aromatic carbocycles. The Labute approximate surface area is 58.7 Å². The Balaban J connectivity index is 0. The topological polar surface area (TPSA) is 90.9 Å². The van der Waals surface area contributed by atoms with Crippen molar-refractivity contribution in [3.63, 3.8) is 0 Å². The van der Waals surface area contributed by atoms with Crippen LogP contribution in [0.15, 0.2) is 0 Å². The summed E-state index contributed by atoms with van der Waals surface area (Å²) in [5.41, 5.74) is 0. The first-order chi connectivity index (χ1) is 4.54. The highest BCUT2D eigenvalue weighted by molar-refractivity contribution is 4.03. The highest BCUT2D eigenvalue weighted by atomic mass is 16.9. The summed E-state index contributed by atoms with van der Waals surface area (Å²) in [5.74, 6) is 0. The number of nitrogens with zero attached hydrogens (tertiary/aromatic N) is 1. The van der Waals surface area contributed by atoms with Crippen LogP contribution in [0.1, 0.15) is 13.8 Å². The van der Waals surface area contributed by atoms with Gasteiger partial charge in [-0.05, 0) is 13.8 Å². The smallest absolute Gasteiger partial charge is 0.104 e. The molecular formula is C4H12N2O4. The Morgan fingerprint density at radius 2 is 1.60 bits per heavy atom. The Morgan fingerprint density at radius 3 is 1.60 bits per heavy atom. The Morgan fingerprint density at radius 1 is 1.40 bits per heavy atom. The first kappa shape index (κ1) is 11.9. The average Bonchev–Trinajstić information content (AvgIpc) is 1.85. The summed E-state index contributed by atoms with van der Waals surface area (Å²) in [6.07, 6.45) is 0. The molecule has 0 rings (SSSR count). The lowest BCUT2D eigenvalue weighted by Crippen LogP contribution is -3.08. The molecule has 0 heterocycles. The van der Waals surface area contributed by atoms with E-state index in [4.69, 9.17) is 20.5 Å². The van der Waals surface area contributed by atoms with Gasteiger partial charge in [0, 0.05) is 0 Å². The molecule has 0 aromatic heterocycles. The van der Waals surface area contributed by atoms with Gasteiger partial charge in [-0.15, -0.1) is 0 Å². The van der Waals surface area contributed by atoms with E-state index in [1.165, 1.54) is 0 Å². The largest absolute Gasteiger partial charge is 0.356 e. The highest BCUT2D eigenvalue weighted by Crippen LogP contribution is 1.44. The first-order valence-corrected chi connectivity index (χ1v) is 2.89. The van der Waals surface area contributed by atoms with Gasteiger partial charge < -0.3 is 15.3 Å². The molecule has 0 radical (unpaired) electrons. The molecule has 0 atom stereocenters. The first-order valence-electron chi connectivity index (χ1n) is 2.89. The van der Waals surface area contributed by atoms with Crippen LogP contribution in [0.4, 0.5) is 0 Å². The molecule has 10 heavy (non-hydrogen) atoms. The lowest BCUT2D eigenvalue weighted by atomic mass is 10.6. The number of hydrogen-bond donors (Lipinski definition) is 2. The summed E-state index contributed by atoms with van der Waals surface area (Å²) < 4.78 is 0. The van der Waals surface area contributed by atoms with Gasteiger partial charge in [0.2, 0.25) is 0 Å². The lowest BCUT2D eigenvalue weighted by molar-refractivity contribution is -1.08. The second kappa shape index (κ2) is 8.12. The molecule has 6 nitrogen and oxygen atoms in total. The Bertz CT molecular complexity index is 79.3. The van der Waals surface area contributed by atoms with Crippen molar-refractivity contribution in [2.24, 2.45) is 0 Å². The van der Waals surface area contributed by atoms with Gasteiger partial charge in [0.25, 0.3) is 0 Å². The zero-order valence-corrected chi connectivity index (χ0v) is 6.03. The van der Waals surface area contributed by atoms with E-state index < -0.39 is 5.09 Å². The van der Waals surface area contributed by atoms with E-state index in [2.05, 4.69) is 0 Å². The third-order valence-electron chi connectivity index (χ3n) is 0.816. The van der Waals surface area contributed by atoms with E-state index in [-0.39, 0.29) is 0 Å². The highest BCUT2D eigenvalue weighted by Gasteiger charge is 1.88. The zero-order valence-electron chi connectivity index (χ0n) is 6.03. The standard InChI is InChI=1S/C4H11NO.NO3/c1-3-5(6)4-2;2-1(3)4/h6H,3-4H2,1-2H3;/q;-1/p+1. The van der Waals surface area contributed by atoms with Gasteiger partial charge in [-0.1, -0.05) is 0 Å². The fourth-order valence-corrected chi connectivity index (χ4v) is 0.250. The molecule has 0 aliphatic heterocycles. The fourth-order valence-electron chi connectivity index (χ4n) is 0.250. The maximum atomic E-state index is 8.58. The van der Waals surface area contributed by atoms with E-state index in [9.17, 15) is 0 Å². The minimum absolute atomic E-state index is 0.593. The van der Waals surface area contributed by atoms with Crippen molar-refractivity contribution in [1.29, 1.82) is 0 Å². The number of nitrogens with one attached hydrogen (secondary N) is 1. The van der Waals surface area contributed by atoms with E-state index in [0.717, 1.165) is 13.1 Å². The third-order valence-corrected chi connectivity index (χ3v) is 0.816. The van der Waals surface area contributed by atoms with Crippen molar-refractivity contribution in [1.82, 2.24) is 0 Å². The predicted octanol–water partition coefficient (Wildman–Crippen LogP) is -0.939.